The topological polar surface area (TPSA) is 64.4 Å². The van der Waals surface area contributed by atoms with Crippen LogP contribution in [0, 0.1) is 0 Å². The summed E-state index contributed by atoms with van der Waals surface area (Å²) in [5, 5.41) is 2.93. The van der Waals surface area contributed by atoms with Crippen molar-refractivity contribution in [1.29, 1.82) is 0 Å². The van der Waals surface area contributed by atoms with Crippen molar-refractivity contribution in [3.05, 3.63) is 74.7 Å². The third-order valence-corrected chi connectivity index (χ3v) is 6.46. The van der Waals surface area contributed by atoms with Gasteiger partial charge >= 0.3 is 0 Å². The highest BCUT2D eigenvalue weighted by molar-refractivity contribution is 9.11. The zero-order chi connectivity index (χ0) is 22.8. The van der Waals surface area contributed by atoms with Crippen LogP contribution >= 0.6 is 31.9 Å². The minimum atomic E-state index is -0.281. The van der Waals surface area contributed by atoms with E-state index in [4.69, 9.17) is 9.15 Å². The molecule has 4 aromatic rings. The summed E-state index contributed by atoms with van der Waals surface area (Å²) in [6, 6.07) is 17.1. The fraction of sp³-hybridized carbons (Fsp3) is 0.200. The van der Waals surface area contributed by atoms with E-state index in [1.807, 2.05) is 36.4 Å². The van der Waals surface area contributed by atoms with Crippen LogP contribution in [0.15, 0.2) is 68.0 Å². The van der Waals surface area contributed by atoms with E-state index in [0.717, 1.165) is 27.6 Å². The molecule has 1 atom stereocenters. The first-order valence-electron chi connectivity index (χ1n) is 10.2. The molecule has 0 unspecified atom stereocenters. The number of carbonyl (C=O) groups is 1. The van der Waals surface area contributed by atoms with Crippen molar-refractivity contribution in [2.75, 3.05) is 12.4 Å². The Hall–Kier alpha value is -2.64. The number of carbonyl (C=O) groups excluding carboxylic acids is 1. The van der Waals surface area contributed by atoms with Crippen LogP contribution in [0.4, 0.5) is 5.69 Å². The Bertz CT molecular complexity index is 1300. The molecule has 0 aliphatic heterocycles. The highest BCUT2D eigenvalue weighted by Crippen LogP contribution is 2.34. The van der Waals surface area contributed by atoms with Gasteiger partial charge in [0.05, 0.1) is 17.1 Å². The number of methoxy groups -OCH3 is 1. The van der Waals surface area contributed by atoms with Gasteiger partial charge in [0.2, 0.25) is 5.89 Å². The van der Waals surface area contributed by atoms with Crippen LogP contribution in [0.25, 0.3) is 22.6 Å². The maximum atomic E-state index is 12.9. The van der Waals surface area contributed by atoms with E-state index in [2.05, 4.69) is 68.1 Å². The average Bonchev–Trinajstić information content (AvgIpc) is 3.21. The molecule has 1 aromatic heterocycles. The lowest BCUT2D eigenvalue weighted by Crippen LogP contribution is -2.13. The average molecular weight is 558 g/mol. The molecule has 5 nitrogen and oxygen atoms in total. The van der Waals surface area contributed by atoms with Gasteiger partial charge < -0.3 is 14.5 Å². The number of oxazole rings is 1. The summed E-state index contributed by atoms with van der Waals surface area (Å²) in [6.45, 7) is 4.37. The van der Waals surface area contributed by atoms with Crippen LogP contribution in [0.5, 0.6) is 5.75 Å². The zero-order valence-electron chi connectivity index (χ0n) is 17.9. The first-order chi connectivity index (χ1) is 15.4. The van der Waals surface area contributed by atoms with Crippen LogP contribution in [0.1, 0.15) is 42.1 Å². The number of nitrogens with one attached hydrogen (secondary N) is 1. The minimum absolute atomic E-state index is 0.281. The summed E-state index contributed by atoms with van der Waals surface area (Å²) in [4.78, 5) is 17.6. The molecule has 1 heterocycles. The standard InChI is InChI=1S/C25H22Br2N2O3/c1-4-14(2)15-8-9-22-21(11-15)29-25(32-22)16-6-5-7-18(10-16)28-24(30)19-12-17(26)13-20(27)23(19)31-3/h5-14H,4H2,1-3H3,(H,28,30)/t14-/m1/s1. The molecule has 0 radical (unpaired) electrons. The van der Waals surface area contributed by atoms with Crippen LogP contribution in [-0.2, 0) is 0 Å². The second-order valence-corrected chi connectivity index (χ2v) is 9.33. The Kier molecular flexibility index (Phi) is 6.67. The SMILES string of the molecule is CC[C@@H](C)c1ccc2oc(-c3cccc(NC(=O)c4cc(Br)cc(Br)c4OC)c3)nc2c1. The molecule has 0 saturated heterocycles. The van der Waals surface area contributed by atoms with Crippen LogP contribution in [-0.4, -0.2) is 18.0 Å². The fourth-order valence-electron chi connectivity index (χ4n) is 3.48. The molecule has 0 fully saturated rings. The Labute approximate surface area is 203 Å². The summed E-state index contributed by atoms with van der Waals surface area (Å²) in [5.74, 6) is 1.17. The number of fused-ring (bicyclic) bond motifs is 1. The first kappa shape index (κ1) is 22.6. The maximum absolute atomic E-state index is 12.9. The second kappa shape index (κ2) is 9.46. The number of aromatic nitrogens is 1. The van der Waals surface area contributed by atoms with E-state index in [0.29, 0.717) is 33.3 Å². The lowest BCUT2D eigenvalue weighted by molar-refractivity contribution is 0.102. The molecule has 0 aliphatic carbocycles. The number of halogens is 2. The molecule has 32 heavy (non-hydrogen) atoms. The molecule has 0 spiro atoms. The Balaban J connectivity index is 1.63. The van der Waals surface area contributed by atoms with Crippen molar-refractivity contribution in [1.82, 2.24) is 4.98 Å². The van der Waals surface area contributed by atoms with Gasteiger partial charge in [-0.3, -0.25) is 4.79 Å². The summed E-state index contributed by atoms with van der Waals surface area (Å²) < 4.78 is 12.8. The molecule has 0 aliphatic rings. The molecule has 164 valence electrons. The van der Waals surface area contributed by atoms with Gasteiger partial charge in [-0.05, 0) is 76.3 Å². The molecule has 0 bridgehead atoms. The number of hydrogen-bond acceptors (Lipinski definition) is 4. The molecule has 4 rings (SSSR count). The third kappa shape index (κ3) is 4.59. The largest absolute Gasteiger partial charge is 0.495 e. The van der Waals surface area contributed by atoms with E-state index < -0.39 is 0 Å². The van der Waals surface area contributed by atoms with Gasteiger partial charge in [0, 0.05) is 15.7 Å². The number of nitrogens with zero attached hydrogens (tertiary/aromatic N) is 1. The van der Waals surface area contributed by atoms with Crippen molar-refractivity contribution >= 4 is 54.6 Å². The zero-order valence-corrected chi connectivity index (χ0v) is 21.1. The number of amides is 1. The normalized spacial score (nSPS) is 12.0. The van der Waals surface area contributed by atoms with E-state index >= 15 is 0 Å². The Morgan fingerprint density at radius 3 is 2.72 bits per heavy atom. The summed E-state index contributed by atoms with van der Waals surface area (Å²) in [7, 11) is 1.53. The van der Waals surface area contributed by atoms with Gasteiger partial charge in [0.1, 0.15) is 11.3 Å². The van der Waals surface area contributed by atoms with Crippen molar-refractivity contribution in [2.45, 2.75) is 26.2 Å². The van der Waals surface area contributed by atoms with Gasteiger partial charge in [-0.15, -0.1) is 0 Å². The number of hydrogen-bond donors (Lipinski definition) is 1. The highest BCUT2D eigenvalue weighted by atomic mass is 79.9. The first-order valence-corrected chi connectivity index (χ1v) is 11.8. The lowest BCUT2D eigenvalue weighted by Gasteiger charge is -2.12. The monoisotopic (exact) mass is 556 g/mol. The van der Waals surface area contributed by atoms with E-state index in [-0.39, 0.29) is 5.91 Å². The number of benzene rings is 3. The van der Waals surface area contributed by atoms with Crippen molar-refractivity contribution < 1.29 is 13.9 Å². The summed E-state index contributed by atoms with van der Waals surface area (Å²) in [5.41, 5.74) is 4.65. The molecule has 1 N–H and O–H groups in total. The molecule has 1 amide bonds. The maximum Gasteiger partial charge on any atom is 0.259 e. The highest BCUT2D eigenvalue weighted by Gasteiger charge is 2.17. The van der Waals surface area contributed by atoms with Gasteiger partial charge in [-0.1, -0.05) is 41.9 Å². The smallest absolute Gasteiger partial charge is 0.259 e. The summed E-state index contributed by atoms with van der Waals surface area (Å²) in [6.07, 6.45) is 1.07. The predicted molar refractivity (Wildman–Crippen MR) is 134 cm³/mol. The van der Waals surface area contributed by atoms with Gasteiger partial charge in [0.15, 0.2) is 5.58 Å². The molecule has 7 heteroatoms. The molecule has 0 saturated carbocycles. The lowest BCUT2D eigenvalue weighted by atomic mass is 9.98. The Morgan fingerprint density at radius 1 is 1.16 bits per heavy atom. The Morgan fingerprint density at radius 2 is 1.97 bits per heavy atom. The van der Waals surface area contributed by atoms with E-state index in [1.165, 1.54) is 12.7 Å². The second-order valence-electron chi connectivity index (χ2n) is 7.56. The quantitative estimate of drug-likeness (QED) is 0.263. The summed E-state index contributed by atoms with van der Waals surface area (Å²) >= 11 is 6.85. The molecular weight excluding hydrogens is 536 g/mol. The van der Waals surface area contributed by atoms with Gasteiger partial charge in [-0.25, -0.2) is 4.98 Å². The predicted octanol–water partition coefficient (Wildman–Crippen LogP) is 7.79. The molecular formula is C25H22Br2N2O3. The van der Waals surface area contributed by atoms with Crippen LogP contribution < -0.4 is 10.1 Å². The van der Waals surface area contributed by atoms with Gasteiger partial charge in [0.25, 0.3) is 5.91 Å². The van der Waals surface area contributed by atoms with Crippen LogP contribution in [0.3, 0.4) is 0 Å². The number of rotatable bonds is 6. The fourth-order valence-corrected chi connectivity index (χ4v) is 4.86. The number of ether oxygens (including phenoxy) is 1. The van der Waals surface area contributed by atoms with E-state index in [1.54, 1.807) is 6.07 Å². The van der Waals surface area contributed by atoms with Crippen molar-refractivity contribution in [2.24, 2.45) is 0 Å². The third-order valence-electron chi connectivity index (χ3n) is 5.42. The number of anilines is 1. The van der Waals surface area contributed by atoms with Crippen LogP contribution in [0.2, 0.25) is 0 Å². The van der Waals surface area contributed by atoms with Gasteiger partial charge in [-0.2, -0.15) is 0 Å². The van der Waals surface area contributed by atoms with Crippen molar-refractivity contribution in [3.63, 3.8) is 0 Å². The van der Waals surface area contributed by atoms with E-state index in [9.17, 15) is 4.79 Å². The van der Waals surface area contributed by atoms with Crippen molar-refractivity contribution in [3.8, 4) is 17.2 Å². The minimum Gasteiger partial charge on any atom is -0.495 e. The molecule has 3 aromatic carbocycles.